The largest absolute Gasteiger partial charge is 0.457 e. The van der Waals surface area contributed by atoms with Crippen molar-refractivity contribution < 1.29 is 9.84 Å². The van der Waals surface area contributed by atoms with Gasteiger partial charge in [0, 0.05) is 30.8 Å². The van der Waals surface area contributed by atoms with E-state index in [2.05, 4.69) is 0 Å². The summed E-state index contributed by atoms with van der Waals surface area (Å²) in [7, 11) is 3.05. The molecule has 172 valence electrons. The van der Waals surface area contributed by atoms with E-state index in [0.29, 0.717) is 28.3 Å². The summed E-state index contributed by atoms with van der Waals surface area (Å²) in [6, 6.07) is 24.3. The molecule has 1 N–H and O–H groups in total. The van der Waals surface area contributed by atoms with Crippen LogP contribution in [-0.4, -0.2) is 19.2 Å². The number of nitrogens with zero attached hydrogens (tertiary/aromatic N) is 3. The van der Waals surface area contributed by atoms with Crippen molar-refractivity contribution in [2.45, 2.75) is 6.10 Å². The smallest absolute Gasteiger partial charge is 0.332 e. The average molecular weight is 463 g/mol. The summed E-state index contributed by atoms with van der Waals surface area (Å²) in [5.41, 5.74) is 3.29. The van der Waals surface area contributed by atoms with Gasteiger partial charge >= 0.3 is 5.69 Å². The van der Waals surface area contributed by atoms with Gasteiger partial charge in [-0.3, -0.25) is 13.9 Å². The summed E-state index contributed by atoms with van der Waals surface area (Å²) in [4.78, 5) is 30.8. The van der Waals surface area contributed by atoms with Crippen molar-refractivity contribution in [2.75, 3.05) is 0 Å². The predicted molar refractivity (Wildman–Crippen MR) is 134 cm³/mol. The van der Waals surface area contributed by atoms with Gasteiger partial charge in [-0.2, -0.15) is 0 Å². The van der Waals surface area contributed by atoms with E-state index in [0.717, 1.165) is 21.3 Å². The summed E-state index contributed by atoms with van der Waals surface area (Å²) in [5.74, 6) is 1.35. The fourth-order valence-corrected chi connectivity index (χ4v) is 4.79. The fraction of sp³-hybridized carbons (Fsp3) is 0.107. The highest BCUT2D eigenvalue weighted by molar-refractivity contribution is 5.99. The molecule has 0 radical (unpaired) electrons. The minimum Gasteiger partial charge on any atom is -0.457 e. The number of hydrogen-bond acceptors (Lipinski definition) is 5. The highest BCUT2D eigenvalue weighted by Gasteiger charge is 2.34. The highest BCUT2D eigenvalue weighted by atomic mass is 16.5. The lowest BCUT2D eigenvalue weighted by atomic mass is 9.94. The second-order valence-electron chi connectivity index (χ2n) is 8.58. The number of fused-ring (bicyclic) bond motifs is 4. The number of hydrogen-bond donors (Lipinski definition) is 1. The van der Waals surface area contributed by atoms with E-state index in [9.17, 15) is 14.7 Å². The van der Waals surface area contributed by atoms with E-state index < -0.39 is 17.4 Å². The standard InChI is InChI=1S/C28H21N3O4/c1-30-26-23(27(33)31(2)28(30)34)21(22-24(29-26)19-10-6-7-11-20(19)25(22)32)16-12-14-18(15-13-16)35-17-8-4-3-5-9-17/h3-15,25,32H,1-2H3/t25-/m1/s1. The Morgan fingerprint density at radius 2 is 1.49 bits per heavy atom. The molecule has 2 aromatic heterocycles. The van der Waals surface area contributed by atoms with Crippen LogP contribution < -0.4 is 16.0 Å². The predicted octanol–water partition coefficient (Wildman–Crippen LogP) is 4.15. The normalized spacial score (nSPS) is 14.1. The number of ether oxygens (including phenoxy) is 1. The third-order valence-corrected chi connectivity index (χ3v) is 6.53. The number of aliphatic hydroxyl groups is 1. The number of aryl methyl sites for hydroxylation is 1. The van der Waals surface area contributed by atoms with Gasteiger partial charge in [0.25, 0.3) is 5.56 Å². The first-order valence-corrected chi connectivity index (χ1v) is 11.2. The van der Waals surface area contributed by atoms with Crippen LogP contribution in [0.2, 0.25) is 0 Å². The molecule has 1 atom stereocenters. The molecule has 5 aromatic rings. The first-order chi connectivity index (χ1) is 17.0. The number of aromatic nitrogens is 3. The third kappa shape index (κ3) is 3.13. The number of pyridine rings is 1. The van der Waals surface area contributed by atoms with E-state index >= 15 is 0 Å². The molecule has 0 fully saturated rings. The Kier molecular flexibility index (Phi) is 4.69. The molecule has 6 rings (SSSR count). The van der Waals surface area contributed by atoms with E-state index in [4.69, 9.17) is 9.72 Å². The van der Waals surface area contributed by atoms with Crippen molar-refractivity contribution in [1.82, 2.24) is 14.1 Å². The van der Waals surface area contributed by atoms with Crippen LogP contribution in [0.25, 0.3) is 33.4 Å². The second kappa shape index (κ2) is 7.78. The Bertz CT molecular complexity index is 1740. The topological polar surface area (TPSA) is 86.4 Å². The first kappa shape index (κ1) is 21.1. The van der Waals surface area contributed by atoms with Crippen LogP contribution in [-0.2, 0) is 14.1 Å². The lowest BCUT2D eigenvalue weighted by Gasteiger charge is -2.17. The third-order valence-electron chi connectivity index (χ3n) is 6.53. The minimum absolute atomic E-state index is 0.278. The van der Waals surface area contributed by atoms with Crippen molar-refractivity contribution in [1.29, 1.82) is 0 Å². The van der Waals surface area contributed by atoms with E-state index in [1.54, 1.807) is 7.05 Å². The maximum absolute atomic E-state index is 13.4. The van der Waals surface area contributed by atoms with E-state index in [1.165, 1.54) is 11.6 Å². The molecule has 0 aliphatic heterocycles. The van der Waals surface area contributed by atoms with Gasteiger partial charge in [0.05, 0.1) is 11.1 Å². The summed E-state index contributed by atoms with van der Waals surface area (Å²) >= 11 is 0. The Morgan fingerprint density at radius 1 is 0.829 bits per heavy atom. The molecule has 0 amide bonds. The van der Waals surface area contributed by atoms with Crippen molar-refractivity contribution in [2.24, 2.45) is 14.1 Å². The van der Waals surface area contributed by atoms with E-state index in [1.807, 2.05) is 78.9 Å². The lowest BCUT2D eigenvalue weighted by Crippen LogP contribution is -2.37. The zero-order valence-electron chi connectivity index (χ0n) is 19.1. The van der Waals surface area contributed by atoms with Crippen LogP contribution in [0.3, 0.4) is 0 Å². The van der Waals surface area contributed by atoms with Crippen molar-refractivity contribution in [3.63, 3.8) is 0 Å². The van der Waals surface area contributed by atoms with Gasteiger partial charge in [-0.25, -0.2) is 9.78 Å². The summed E-state index contributed by atoms with van der Waals surface area (Å²) < 4.78 is 8.37. The maximum Gasteiger partial charge on any atom is 0.332 e. The Morgan fingerprint density at radius 3 is 2.23 bits per heavy atom. The molecule has 35 heavy (non-hydrogen) atoms. The molecule has 0 saturated carbocycles. The molecular weight excluding hydrogens is 442 g/mol. The molecule has 0 saturated heterocycles. The molecule has 0 spiro atoms. The van der Waals surface area contributed by atoms with Crippen molar-refractivity contribution >= 4 is 11.0 Å². The molecule has 0 bridgehead atoms. The second-order valence-corrected chi connectivity index (χ2v) is 8.58. The van der Waals surface area contributed by atoms with Crippen LogP contribution in [0.5, 0.6) is 11.5 Å². The zero-order chi connectivity index (χ0) is 24.3. The van der Waals surface area contributed by atoms with Crippen molar-refractivity contribution in [3.05, 3.63) is 111 Å². The molecule has 1 aliphatic rings. The number of rotatable bonds is 3. The molecule has 2 heterocycles. The summed E-state index contributed by atoms with van der Waals surface area (Å²) in [5, 5.41) is 11.6. The SMILES string of the molecule is Cn1c(=O)c2c(-c3ccc(Oc4ccccc4)cc3)c3c(nc2n(C)c1=O)-c1ccccc1[C@H]3O. The summed E-state index contributed by atoms with van der Waals surface area (Å²) in [6.07, 6.45) is -0.949. The number of benzene rings is 3. The lowest BCUT2D eigenvalue weighted by molar-refractivity contribution is 0.225. The molecule has 1 aliphatic carbocycles. The summed E-state index contributed by atoms with van der Waals surface area (Å²) in [6.45, 7) is 0. The Balaban J connectivity index is 1.64. The number of aliphatic hydroxyl groups excluding tert-OH is 1. The van der Waals surface area contributed by atoms with E-state index in [-0.39, 0.29) is 11.0 Å². The van der Waals surface area contributed by atoms with Gasteiger partial charge in [0.2, 0.25) is 0 Å². The van der Waals surface area contributed by atoms with Crippen LogP contribution in [0, 0.1) is 0 Å². The zero-order valence-corrected chi connectivity index (χ0v) is 19.1. The van der Waals surface area contributed by atoms with Gasteiger partial charge in [-0.05, 0) is 35.4 Å². The Hall–Kier alpha value is -4.49. The van der Waals surface area contributed by atoms with Gasteiger partial charge < -0.3 is 9.84 Å². The molecule has 7 heteroatoms. The minimum atomic E-state index is -0.949. The van der Waals surface area contributed by atoms with Gasteiger partial charge in [-0.15, -0.1) is 0 Å². The Labute approximate surface area is 200 Å². The molecule has 7 nitrogen and oxygen atoms in total. The fourth-order valence-electron chi connectivity index (χ4n) is 4.79. The van der Waals surface area contributed by atoms with Gasteiger partial charge in [-0.1, -0.05) is 54.6 Å². The van der Waals surface area contributed by atoms with Crippen LogP contribution in [0.1, 0.15) is 17.2 Å². The van der Waals surface area contributed by atoms with Crippen LogP contribution >= 0.6 is 0 Å². The molecule has 3 aromatic carbocycles. The van der Waals surface area contributed by atoms with Crippen LogP contribution in [0.15, 0.2) is 88.5 Å². The van der Waals surface area contributed by atoms with Crippen LogP contribution in [0.4, 0.5) is 0 Å². The molecular formula is C28H21N3O4. The van der Waals surface area contributed by atoms with Gasteiger partial charge in [0.1, 0.15) is 17.6 Å². The quantitative estimate of drug-likeness (QED) is 0.434. The monoisotopic (exact) mass is 463 g/mol. The number of para-hydroxylation sites is 1. The molecule has 0 unspecified atom stereocenters. The van der Waals surface area contributed by atoms with Crippen molar-refractivity contribution in [3.8, 4) is 33.9 Å². The average Bonchev–Trinajstić information content (AvgIpc) is 3.18. The van der Waals surface area contributed by atoms with Gasteiger partial charge in [0.15, 0.2) is 5.65 Å². The highest BCUT2D eigenvalue weighted by Crippen LogP contribution is 2.48. The maximum atomic E-state index is 13.4. The first-order valence-electron chi connectivity index (χ1n) is 11.2.